The largest absolute Gasteiger partial charge is 0.296 e. The van der Waals surface area contributed by atoms with E-state index in [1.807, 2.05) is 0 Å². The number of pyridine rings is 1. The number of carbonyl (C=O) groups is 1. The Bertz CT molecular complexity index is 659. The lowest BCUT2D eigenvalue weighted by atomic mass is 10.2. The highest BCUT2D eigenvalue weighted by Crippen LogP contribution is 2.21. The molecule has 10 heteroatoms. The Balaban J connectivity index is 2.27. The van der Waals surface area contributed by atoms with Gasteiger partial charge in [-0.1, -0.05) is 22.9 Å². The predicted octanol–water partition coefficient (Wildman–Crippen LogP) is 2.06. The lowest BCUT2D eigenvalue weighted by molar-refractivity contribution is -0.385. The number of aryl methyl sites for hydroxylation is 1. The van der Waals surface area contributed by atoms with Gasteiger partial charge >= 0.3 is 0 Å². The van der Waals surface area contributed by atoms with Crippen LogP contribution in [0.15, 0.2) is 12.3 Å². The van der Waals surface area contributed by atoms with Crippen molar-refractivity contribution >= 4 is 39.7 Å². The van der Waals surface area contributed by atoms with Crippen molar-refractivity contribution in [2.24, 2.45) is 0 Å². The van der Waals surface area contributed by atoms with Crippen LogP contribution in [0.5, 0.6) is 0 Å². The Hall–Kier alpha value is -2.13. The molecule has 0 aliphatic heterocycles. The van der Waals surface area contributed by atoms with Gasteiger partial charge in [0.15, 0.2) is 0 Å². The number of rotatable bonds is 3. The maximum atomic E-state index is 11.9. The highest BCUT2D eigenvalue weighted by atomic mass is 35.5. The molecule has 0 fully saturated rings. The van der Waals surface area contributed by atoms with Gasteiger partial charge in [0.1, 0.15) is 16.4 Å². The van der Waals surface area contributed by atoms with E-state index in [2.05, 4.69) is 20.5 Å². The Kier molecular flexibility index (Phi) is 3.67. The van der Waals surface area contributed by atoms with E-state index in [-0.39, 0.29) is 21.5 Å². The Labute approximate surface area is 115 Å². The quantitative estimate of drug-likeness (QED) is 0.527. The van der Waals surface area contributed by atoms with Crippen LogP contribution in [-0.4, -0.2) is 26.0 Å². The second kappa shape index (κ2) is 5.24. The summed E-state index contributed by atoms with van der Waals surface area (Å²) in [4.78, 5) is 25.5. The topological polar surface area (TPSA) is 111 Å². The van der Waals surface area contributed by atoms with E-state index in [9.17, 15) is 14.9 Å². The fraction of sp³-hybridized carbons (Fsp3) is 0.111. The van der Waals surface area contributed by atoms with Crippen LogP contribution in [-0.2, 0) is 0 Å². The third-order valence-electron chi connectivity index (χ3n) is 2.03. The fourth-order valence-electron chi connectivity index (χ4n) is 1.21. The molecule has 0 aliphatic carbocycles. The normalized spacial score (nSPS) is 10.2. The molecule has 0 radical (unpaired) electrons. The van der Waals surface area contributed by atoms with E-state index >= 15 is 0 Å². The van der Waals surface area contributed by atoms with Crippen molar-refractivity contribution in [1.29, 1.82) is 0 Å². The highest BCUT2D eigenvalue weighted by molar-refractivity contribution is 7.15. The molecule has 0 saturated carbocycles. The van der Waals surface area contributed by atoms with Crippen LogP contribution in [0.1, 0.15) is 15.4 Å². The number of hydrogen-bond acceptors (Lipinski definition) is 7. The van der Waals surface area contributed by atoms with E-state index < -0.39 is 10.8 Å². The van der Waals surface area contributed by atoms with Crippen LogP contribution in [0.25, 0.3) is 0 Å². The summed E-state index contributed by atoms with van der Waals surface area (Å²) in [5, 5.41) is 21.3. The summed E-state index contributed by atoms with van der Waals surface area (Å²) in [6.45, 7) is 1.73. The molecule has 0 bridgehead atoms. The van der Waals surface area contributed by atoms with E-state index in [4.69, 9.17) is 11.6 Å². The molecule has 1 N–H and O–H groups in total. The molecule has 2 rings (SSSR count). The second-order valence-electron chi connectivity index (χ2n) is 3.37. The molecule has 1 amide bonds. The van der Waals surface area contributed by atoms with Crippen LogP contribution in [0.2, 0.25) is 5.15 Å². The number of aromatic nitrogens is 3. The zero-order valence-electron chi connectivity index (χ0n) is 9.45. The summed E-state index contributed by atoms with van der Waals surface area (Å²) in [6.07, 6.45) is 0.980. The zero-order chi connectivity index (χ0) is 14.0. The molecule has 2 heterocycles. The van der Waals surface area contributed by atoms with Gasteiger partial charge in [-0.2, -0.15) is 0 Å². The molecule has 0 aromatic carbocycles. The van der Waals surface area contributed by atoms with Gasteiger partial charge in [-0.3, -0.25) is 20.2 Å². The van der Waals surface area contributed by atoms with Crippen LogP contribution < -0.4 is 5.32 Å². The number of carbonyl (C=O) groups excluding carboxylic acids is 1. The van der Waals surface area contributed by atoms with Gasteiger partial charge in [-0.15, -0.1) is 10.2 Å². The maximum absolute atomic E-state index is 11.9. The van der Waals surface area contributed by atoms with Gasteiger partial charge < -0.3 is 0 Å². The first-order chi connectivity index (χ1) is 8.97. The van der Waals surface area contributed by atoms with Crippen molar-refractivity contribution < 1.29 is 9.72 Å². The number of nitrogens with one attached hydrogen (secondary N) is 1. The summed E-state index contributed by atoms with van der Waals surface area (Å²) < 4.78 is 0. The summed E-state index contributed by atoms with van der Waals surface area (Å²) in [6, 6.07) is 1.05. The molecular weight excluding hydrogens is 294 g/mol. The first kappa shape index (κ1) is 13.3. The maximum Gasteiger partial charge on any atom is 0.288 e. The first-order valence-electron chi connectivity index (χ1n) is 4.89. The second-order valence-corrected chi connectivity index (χ2v) is 4.91. The number of hydrogen-bond donors (Lipinski definition) is 1. The van der Waals surface area contributed by atoms with Gasteiger partial charge in [-0.25, -0.2) is 4.98 Å². The van der Waals surface area contributed by atoms with Crippen molar-refractivity contribution in [2.45, 2.75) is 6.92 Å². The molecule has 98 valence electrons. The summed E-state index contributed by atoms with van der Waals surface area (Å²) in [7, 11) is 0. The molecule has 19 heavy (non-hydrogen) atoms. The van der Waals surface area contributed by atoms with E-state index in [0.29, 0.717) is 5.01 Å². The van der Waals surface area contributed by atoms with Gasteiger partial charge in [-0.05, 0) is 6.92 Å². The fourth-order valence-corrected chi connectivity index (χ4v) is 1.98. The molecule has 2 aromatic heterocycles. The van der Waals surface area contributed by atoms with Gasteiger partial charge in [0.2, 0.25) is 5.13 Å². The van der Waals surface area contributed by atoms with Crippen molar-refractivity contribution in [3.05, 3.63) is 38.1 Å². The average molecular weight is 300 g/mol. The van der Waals surface area contributed by atoms with E-state index in [0.717, 1.165) is 12.3 Å². The summed E-state index contributed by atoms with van der Waals surface area (Å²) in [5.74, 6) is -0.627. The average Bonchev–Trinajstić information content (AvgIpc) is 2.74. The molecule has 0 spiro atoms. The summed E-state index contributed by atoms with van der Waals surface area (Å²) >= 11 is 6.92. The molecule has 0 saturated heterocycles. The van der Waals surface area contributed by atoms with Crippen molar-refractivity contribution in [1.82, 2.24) is 15.2 Å². The molecule has 0 unspecified atom stereocenters. The third kappa shape index (κ3) is 3.01. The van der Waals surface area contributed by atoms with Crippen LogP contribution in [0, 0.1) is 17.0 Å². The number of halogens is 1. The Morgan fingerprint density at radius 1 is 1.53 bits per heavy atom. The smallest absolute Gasteiger partial charge is 0.288 e. The lowest BCUT2D eigenvalue weighted by Crippen LogP contribution is -2.13. The molecule has 0 atom stereocenters. The van der Waals surface area contributed by atoms with E-state index in [1.165, 1.54) is 11.3 Å². The lowest BCUT2D eigenvalue weighted by Gasteiger charge is -2.02. The van der Waals surface area contributed by atoms with Gasteiger partial charge in [0.05, 0.1) is 10.5 Å². The number of nitro groups is 1. The minimum absolute atomic E-state index is 0.0938. The van der Waals surface area contributed by atoms with E-state index in [1.54, 1.807) is 6.92 Å². The SMILES string of the molecule is Cc1nnc(NC(=O)c2cc([N+](=O)[O-])cnc2Cl)s1. The number of amides is 1. The standard InChI is InChI=1S/C9H6ClN5O3S/c1-4-13-14-9(19-4)12-8(16)6-2-5(15(17)18)3-11-7(6)10/h2-3H,1H3,(H,12,14,16). The zero-order valence-corrected chi connectivity index (χ0v) is 11.0. The van der Waals surface area contributed by atoms with Gasteiger partial charge in [0.25, 0.3) is 11.6 Å². The monoisotopic (exact) mass is 299 g/mol. The third-order valence-corrected chi connectivity index (χ3v) is 3.08. The predicted molar refractivity (Wildman–Crippen MR) is 68.5 cm³/mol. The minimum atomic E-state index is -0.658. The summed E-state index contributed by atoms with van der Waals surface area (Å²) in [5.41, 5.74) is -0.410. The van der Waals surface area contributed by atoms with Crippen LogP contribution in [0.4, 0.5) is 10.8 Å². The minimum Gasteiger partial charge on any atom is -0.296 e. The highest BCUT2D eigenvalue weighted by Gasteiger charge is 2.18. The van der Waals surface area contributed by atoms with Crippen molar-refractivity contribution in [3.63, 3.8) is 0 Å². The number of nitrogens with zero attached hydrogens (tertiary/aromatic N) is 4. The molecular formula is C9H6ClN5O3S. The van der Waals surface area contributed by atoms with Crippen LogP contribution >= 0.6 is 22.9 Å². The molecule has 2 aromatic rings. The van der Waals surface area contributed by atoms with Crippen molar-refractivity contribution in [2.75, 3.05) is 5.32 Å². The van der Waals surface area contributed by atoms with Crippen LogP contribution in [0.3, 0.4) is 0 Å². The Morgan fingerprint density at radius 3 is 2.84 bits per heavy atom. The molecule has 0 aliphatic rings. The van der Waals surface area contributed by atoms with Crippen molar-refractivity contribution in [3.8, 4) is 0 Å². The van der Waals surface area contributed by atoms with Gasteiger partial charge in [0, 0.05) is 6.07 Å². The first-order valence-corrected chi connectivity index (χ1v) is 6.08. The number of anilines is 1. The molecule has 8 nitrogen and oxygen atoms in total. The Morgan fingerprint density at radius 2 is 2.26 bits per heavy atom.